The lowest BCUT2D eigenvalue weighted by atomic mass is 9.86. The second-order valence-electron chi connectivity index (χ2n) is 6.14. The Morgan fingerprint density at radius 3 is 2.27 bits per heavy atom. The van der Waals surface area contributed by atoms with Crippen molar-refractivity contribution in [1.29, 1.82) is 0 Å². The van der Waals surface area contributed by atoms with Crippen molar-refractivity contribution in [3.8, 4) is 0 Å². The second-order valence-corrected chi connectivity index (χ2v) is 6.14. The molecule has 0 unspecified atom stereocenters. The van der Waals surface area contributed by atoms with E-state index in [0.717, 1.165) is 16.8 Å². The third-order valence-electron chi connectivity index (χ3n) is 3.27. The number of carbonyl (C=O) groups excluding carboxylic acids is 1. The van der Waals surface area contributed by atoms with Gasteiger partial charge in [-0.3, -0.25) is 0 Å². The molecular formula is C19H22N2O. The smallest absolute Gasteiger partial charge is 0.314 e. The predicted octanol–water partition coefficient (Wildman–Crippen LogP) is 4.78. The lowest BCUT2D eigenvalue weighted by Crippen LogP contribution is -2.26. The van der Waals surface area contributed by atoms with Gasteiger partial charge in [0.05, 0.1) is 0 Å². The summed E-state index contributed by atoms with van der Waals surface area (Å²) in [7, 11) is 0. The maximum absolute atomic E-state index is 12.0. The molecule has 22 heavy (non-hydrogen) atoms. The van der Waals surface area contributed by atoms with Crippen LogP contribution in [0.15, 0.2) is 60.8 Å². The summed E-state index contributed by atoms with van der Waals surface area (Å²) in [5.41, 5.74) is 2.96. The molecule has 0 aliphatic heterocycles. The van der Waals surface area contributed by atoms with Crippen LogP contribution in [0.4, 0.5) is 10.5 Å². The Labute approximate surface area is 132 Å². The summed E-state index contributed by atoms with van der Waals surface area (Å²) in [5.74, 6) is 0. The van der Waals surface area contributed by atoms with E-state index in [9.17, 15) is 4.79 Å². The Morgan fingerprint density at radius 1 is 0.955 bits per heavy atom. The van der Waals surface area contributed by atoms with Crippen molar-refractivity contribution in [2.24, 2.45) is 0 Å². The number of hydrogen-bond donors (Lipinski definition) is 2. The summed E-state index contributed by atoms with van der Waals surface area (Å²) in [6, 6.07) is 17.4. The number of nitrogens with one attached hydrogen (secondary N) is 2. The molecule has 0 radical (unpaired) electrons. The molecule has 0 heterocycles. The van der Waals surface area contributed by atoms with Crippen molar-refractivity contribution in [2.45, 2.75) is 26.2 Å². The molecule has 0 aliphatic carbocycles. The zero-order valence-electron chi connectivity index (χ0n) is 13.3. The number of rotatable bonds is 3. The van der Waals surface area contributed by atoms with Gasteiger partial charge in [0.15, 0.2) is 0 Å². The van der Waals surface area contributed by atoms with Crippen LogP contribution in [0.1, 0.15) is 31.9 Å². The van der Waals surface area contributed by atoms with Gasteiger partial charge in [-0.05, 0) is 28.7 Å². The van der Waals surface area contributed by atoms with Gasteiger partial charge in [-0.2, -0.15) is 0 Å². The summed E-state index contributed by atoms with van der Waals surface area (Å²) in [6.07, 6.45) is 3.50. The molecule has 2 aromatic rings. The van der Waals surface area contributed by atoms with Crippen LogP contribution in [-0.4, -0.2) is 6.03 Å². The first-order valence-corrected chi connectivity index (χ1v) is 7.35. The van der Waals surface area contributed by atoms with E-state index in [1.807, 2.05) is 60.7 Å². The summed E-state index contributed by atoms with van der Waals surface area (Å²) >= 11 is 0. The molecule has 0 bridgehead atoms. The SMILES string of the molecule is CC(C)(C)c1ccccc1NC(=O)N/C=C/c1ccccc1. The molecule has 0 atom stereocenters. The topological polar surface area (TPSA) is 41.1 Å². The van der Waals surface area contributed by atoms with Crippen molar-refractivity contribution in [3.05, 3.63) is 71.9 Å². The van der Waals surface area contributed by atoms with Gasteiger partial charge >= 0.3 is 6.03 Å². The van der Waals surface area contributed by atoms with Gasteiger partial charge in [0.2, 0.25) is 0 Å². The molecule has 2 rings (SSSR count). The zero-order chi connectivity index (χ0) is 16.0. The van der Waals surface area contributed by atoms with E-state index in [0.29, 0.717) is 0 Å². The van der Waals surface area contributed by atoms with Crippen LogP contribution in [0.25, 0.3) is 6.08 Å². The molecule has 0 spiro atoms. The lowest BCUT2D eigenvalue weighted by molar-refractivity contribution is 0.255. The van der Waals surface area contributed by atoms with Crippen molar-refractivity contribution >= 4 is 17.8 Å². The number of amides is 2. The average Bonchev–Trinajstić information content (AvgIpc) is 2.48. The molecule has 0 fully saturated rings. The van der Waals surface area contributed by atoms with Crippen molar-refractivity contribution in [1.82, 2.24) is 5.32 Å². The third kappa shape index (κ3) is 4.48. The highest BCUT2D eigenvalue weighted by atomic mass is 16.2. The molecule has 0 aromatic heterocycles. The first kappa shape index (κ1) is 15.8. The summed E-state index contributed by atoms with van der Waals surface area (Å²) < 4.78 is 0. The van der Waals surface area contributed by atoms with E-state index < -0.39 is 0 Å². The fourth-order valence-electron chi connectivity index (χ4n) is 2.18. The van der Waals surface area contributed by atoms with Crippen LogP contribution in [-0.2, 0) is 5.41 Å². The van der Waals surface area contributed by atoms with Crippen LogP contribution in [0.3, 0.4) is 0 Å². The number of hydrogen-bond acceptors (Lipinski definition) is 1. The monoisotopic (exact) mass is 294 g/mol. The number of para-hydroxylation sites is 1. The molecule has 114 valence electrons. The predicted molar refractivity (Wildman–Crippen MR) is 92.8 cm³/mol. The minimum absolute atomic E-state index is 0.0241. The summed E-state index contributed by atoms with van der Waals surface area (Å²) in [4.78, 5) is 12.0. The summed E-state index contributed by atoms with van der Waals surface area (Å²) in [5, 5.41) is 5.63. The van der Waals surface area contributed by atoms with Crippen LogP contribution in [0.5, 0.6) is 0 Å². The van der Waals surface area contributed by atoms with E-state index in [1.54, 1.807) is 6.20 Å². The highest BCUT2D eigenvalue weighted by Crippen LogP contribution is 2.29. The molecule has 2 N–H and O–H groups in total. The molecule has 2 aromatic carbocycles. The number of benzene rings is 2. The molecule has 0 saturated carbocycles. The second kappa shape index (κ2) is 6.94. The minimum atomic E-state index is -0.246. The van der Waals surface area contributed by atoms with Gasteiger partial charge in [0.1, 0.15) is 0 Å². The Hall–Kier alpha value is -2.55. The fraction of sp³-hybridized carbons (Fsp3) is 0.211. The molecule has 2 amide bonds. The Balaban J connectivity index is 2.00. The maximum Gasteiger partial charge on any atom is 0.323 e. The Kier molecular flexibility index (Phi) is 4.99. The average molecular weight is 294 g/mol. The molecule has 3 heteroatoms. The molecular weight excluding hydrogens is 272 g/mol. The van der Waals surface area contributed by atoms with E-state index in [-0.39, 0.29) is 11.4 Å². The van der Waals surface area contributed by atoms with Crippen LogP contribution in [0.2, 0.25) is 0 Å². The molecule has 3 nitrogen and oxygen atoms in total. The summed E-state index contributed by atoms with van der Waals surface area (Å²) in [6.45, 7) is 6.38. The maximum atomic E-state index is 12.0. The largest absolute Gasteiger partial charge is 0.323 e. The van der Waals surface area contributed by atoms with Crippen LogP contribution >= 0.6 is 0 Å². The van der Waals surface area contributed by atoms with E-state index >= 15 is 0 Å². The van der Waals surface area contributed by atoms with Crippen molar-refractivity contribution in [3.63, 3.8) is 0 Å². The normalized spacial score (nSPS) is 11.4. The Morgan fingerprint density at radius 2 is 1.59 bits per heavy atom. The fourth-order valence-corrected chi connectivity index (χ4v) is 2.18. The highest BCUT2D eigenvalue weighted by molar-refractivity contribution is 5.91. The molecule has 0 saturated heterocycles. The van der Waals surface area contributed by atoms with Crippen molar-refractivity contribution < 1.29 is 4.79 Å². The van der Waals surface area contributed by atoms with Gasteiger partial charge in [-0.25, -0.2) is 4.79 Å². The van der Waals surface area contributed by atoms with Crippen LogP contribution < -0.4 is 10.6 Å². The molecule has 0 aliphatic rings. The first-order valence-electron chi connectivity index (χ1n) is 7.35. The highest BCUT2D eigenvalue weighted by Gasteiger charge is 2.18. The Bertz CT molecular complexity index is 655. The van der Waals surface area contributed by atoms with Crippen LogP contribution in [0, 0.1) is 0 Å². The lowest BCUT2D eigenvalue weighted by Gasteiger charge is -2.22. The minimum Gasteiger partial charge on any atom is -0.314 e. The quantitative estimate of drug-likeness (QED) is 0.840. The van der Waals surface area contributed by atoms with Gasteiger partial charge in [0, 0.05) is 11.9 Å². The van der Waals surface area contributed by atoms with E-state index in [2.05, 4.69) is 31.4 Å². The number of urea groups is 1. The van der Waals surface area contributed by atoms with Gasteiger partial charge < -0.3 is 10.6 Å². The number of anilines is 1. The number of carbonyl (C=O) groups is 1. The van der Waals surface area contributed by atoms with Gasteiger partial charge in [0.25, 0.3) is 0 Å². The van der Waals surface area contributed by atoms with E-state index in [4.69, 9.17) is 0 Å². The van der Waals surface area contributed by atoms with Gasteiger partial charge in [-0.1, -0.05) is 69.3 Å². The zero-order valence-corrected chi connectivity index (χ0v) is 13.3. The third-order valence-corrected chi connectivity index (χ3v) is 3.27. The first-order chi connectivity index (χ1) is 10.5. The van der Waals surface area contributed by atoms with E-state index in [1.165, 1.54) is 0 Å². The standard InChI is InChI=1S/C19H22N2O/c1-19(2,3)16-11-7-8-12-17(16)21-18(22)20-14-13-15-9-5-4-6-10-15/h4-14H,1-3H3,(H2,20,21,22)/b14-13+. The van der Waals surface area contributed by atoms with Gasteiger partial charge in [-0.15, -0.1) is 0 Å². The van der Waals surface area contributed by atoms with Crippen molar-refractivity contribution in [2.75, 3.05) is 5.32 Å².